The van der Waals surface area contributed by atoms with Crippen LogP contribution in [0.5, 0.6) is 0 Å². The first-order valence-electron chi connectivity index (χ1n) is 9.22. The van der Waals surface area contributed by atoms with Crippen LogP contribution in [-0.2, 0) is 0 Å². The quantitative estimate of drug-likeness (QED) is 0.498. The van der Waals surface area contributed by atoms with Crippen LogP contribution in [0, 0.1) is 0 Å². The molecule has 0 aliphatic heterocycles. The summed E-state index contributed by atoms with van der Waals surface area (Å²) in [5.74, 6) is 0. The van der Waals surface area contributed by atoms with Gasteiger partial charge in [-0.15, -0.1) is 0 Å². The van der Waals surface area contributed by atoms with Crippen molar-refractivity contribution in [1.29, 1.82) is 0 Å². The predicted molar refractivity (Wildman–Crippen MR) is 86.3 cm³/mol. The molecule has 0 aromatic rings. The third-order valence-electron chi connectivity index (χ3n) is 5.99. The van der Waals surface area contributed by atoms with Crippen molar-refractivity contribution in [2.45, 2.75) is 108 Å². The molecule has 3 saturated carbocycles. The minimum absolute atomic E-state index is 0.995. The van der Waals surface area contributed by atoms with Gasteiger partial charge in [-0.05, 0) is 0 Å². The van der Waals surface area contributed by atoms with Gasteiger partial charge in [0.1, 0.15) is 0 Å². The summed E-state index contributed by atoms with van der Waals surface area (Å²) >= 11 is -0.995. The fourth-order valence-corrected chi connectivity index (χ4v) is 18.4. The summed E-state index contributed by atoms with van der Waals surface area (Å²) in [5.41, 5.74) is 0. The normalized spacial score (nSPS) is 28.9. The van der Waals surface area contributed by atoms with Crippen LogP contribution >= 0.6 is 0 Å². The van der Waals surface area contributed by atoms with Gasteiger partial charge in [-0.25, -0.2) is 0 Å². The second kappa shape index (κ2) is 7.72. The van der Waals surface area contributed by atoms with E-state index in [9.17, 15) is 0 Å². The Balaban J connectivity index is 1.68. The third kappa shape index (κ3) is 3.93. The molecule has 0 aromatic heterocycles. The van der Waals surface area contributed by atoms with Crippen LogP contribution in [0.25, 0.3) is 0 Å². The van der Waals surface area contributed by atoms with Gasteiger partial charge in [0.05, 0.1) is 0 Å². The Kier molecular flexibility index (Phi) is 5.99. The van der Waals surface area contributed by atoms with Gasteiger partial charge >= 0.3 is 128 Å². The second-order valence-electron chi connectivity index (χ2n) is 7.32. The standard InChI is InChI=1S/3C6H11.Sb/c3*1-2-4-6-5-3-1;/h3*1H,2-6H2;. The van der Waals surface area contributed by atoms with Crippen molar-refractivity contribution in [3.05, 3.63) is 0 Å². The van der Waals surface area contributed by atoms with E-state index in [1.807, 2.05) is 0 Å². The first-order valence-corrected chi connectivity index (χ1v) is 13.6. The van der Waals surface area contributed by atoms with Crippen molar-refractivity contribution in [2.75, 3.05) is 0 Å². The SMILES string of the molecule is C1CC[CH]([Sb]([CH]2CCCCC2)[CH]2CCCCC2)CC1. The van der Waals surface area contributed by atoms with E-state index in [0.717, 1.165) is 0 Å². The maximum atomic E-state index is 1.66. The van der Waals surface area contributed by atoms with Crippen LogP contribution in [0.1, 0.15) is 96.3 Å². The van der Waals surface area contributed by atoms with E-state index >= 15 is 0 Å². The Labute approximate surface area is 128 Å². The molecule has 3 rings (SSSR count). The maximum absolute atomic E-state index is 1.66. The van der Waals surface area contributed by atoms with Crippen molar-refractivity contribution in [3.63, 3.8) is 0 Å². The summed E-state index contributed by atoms with van der Waals surface area (Å²) in [5, 5.41) is 0. The second-order valence-corrected chi connectivity index (χ2v) is 16.1. The molecule has 0 amide bonds. The molecule has 110 valence electrons. The van der Waals surface area contributed by atoms with Gasteiger partial charge in [-0.1, -0.05) is 0 Å². The molecule has 1 heteroatoms. The van der Waals surface area contributed by atoms with Gasteiger partial charge in [0.15, 0.2) is 0 Å². The van der Waals surface area contributed by atoms with E-state index in [2.05, 4.69) is 0 Å². The van der Waals surface area contributed by atoms with E-state index in [0.29, 0.717) is 0 Å². The fraction of sp³-hybridized carbons (Fsp3) is 1.00. The zero-order valence-electron chi connectivity index (χ0n) is 12.8. The van der Waals surface area contributed by atoms with Crippen LogP contribution in [0.4, 0.5) is 0 Å². The molecule has 0 radical (unpaired) electrons. The predicted octanol–water partition coefficient (Wildman–Crippen LogP) is 6.48. The van der Waals surface area contributed by atoms with Gasteiger partial charge in [0, 0.05) is 0 Å². The van der Waals surface area contributed by atoms with Crippen molar-refractivity contribution in [3.8, 4) is 0 Å². The fourth-order valence-electron chi connectivity index (χ4n) is 5.03. The van der Waals surface area contributed by atoms with E-state index in [4.69, 9.17) is 0 Å². The summed E-state index contributed by atoms with van der Waals surface area (Å²) in [7, 11) is 0. The molecule has 0 aromatic carbocycles. The van der Waals surface area contributed by atoms with Gasteiger partial charge < -0.3 is 0 Å². The Morgan fingerprint density at radius 1 is 0.368 bits per heavy atom. The van der Waals surface area contributed by atoms with E-state index < -0.39 is 20.2 Å². The molecular weight excluding hydrogens is 338 g/mol. The van der Waals surface area contributed by atoms with Gasteiger partial charge in [-0.2, -0.15) is 0 Å². The number of rotatable bonds is 3. The van der Waals surface area contributed by atoms with E-state index in [1.165, 1.54) is 11.6 Å². The molecule has 0 bridgehead atoms. The summed E-state index contributed by atoms with van der Waals surface area (Å²) in [4.78, 5) is 0. The Hall–Kier alpha value is 0.818. The van der Waals surface area contributed by atoms with Crippen LogP contribution < -0.4 is 0 Å². The molecule has 0 N–H and O–H groups in total. The van der Waals surface area contributed by atoms with E-state index in [1.54, 1.807) is 96.3 Å². The molecule has 3 aliphatic rings. The summed E-state index contributed by atoms with van der Waals surface area (Å²) in [6, 6.07) is 0. The van der Waals surface area contributed by atoms with Crippen molar-refractivity contribution in [2.24, 2.45) is 0 Å². The summed E-state index contributed by atoms with van der Waals surface area (Å²) < 4.78 is 3.92. The van der Waals surface area contributed by atoms with Crippen LogP contribution in [0.3, 0.4) is 0 Å². The third-order valence-corrected chi connectivity index (χ3v) is 17.6. The van der Waals surface area contributed by atoms with Crippen molar-refractivity contribution < 1.29 is 0 Å². The Bertz CT molecular complexity index is 202. The zero-order chi connectivity index (χ0) is 12.9. The Morgan fingerprint density at radius 3 is 0.895 bits per heavy atom. The van der Waals surface area contributed by atoms with Gasteiger partial charge in [0.25, 0.3) is 0 Å². The van der Waals surface area contributed by atoms with Crippen molar-refractivity contribution in [1.82, 2.24) is 0 Å². The molecule has 0 nitrogen and oxygen atoms in total. The topological polar surface area (TPSA) is 0 Å². The number of hydrogen-bond acceptors (Lipinski definition) is 0. The van der Waals surface area contributed by atoms with Crippen molar-refractivity contribution >= 4 is 20.2 Å². The molecular formula is C18H33Sb. The monoisotopic (exact) mass is 370 g/mol. The summed E-state index contributed by atoms with van der Waals surface area (Å²) in [6.07, 6.45) is 24.2. The molecule has 0 atom stereocenters. The first-order chi connectivity index (χ1) is 9.45. The van der Waals surface area contributed by atoms with Crippen LogP contribution in [0.15, 0.2) is 0 Å². The zero-order valence-corrected chi connectivity index (χ0v) is 15.3. The molecule has 3 fully saturated rings. The minimum atomic E-state index is -0.995. The van der Waals surface area contributed by atoms with Crippen LogP contribution in [0.2, 0.25) is 11.6 Å². The van der Waals surface area contributed by atoms with Gasteiger partial charge in [-0.3, -0.25) is 0 Å². The average Bonchev–Trinajstić information content (AvgIpc) is 2.51. The Morgan fingerprint density at radius 2 is 0.632 bits per heavy atom. The molecule has 0 heterocycles. The van der Waals surface area contributed by atoms with E-state index in [-0.39, 0.29) is 0 Å². The van der Waals surface area contributed by atoms with Crippen LogP contribution in [-0.4, -0.2) is 20.2 Å². The molecule has 0 unspecified atom stereocenters. The summed E-state index contributed by atoms with van der Waals surface area (Å²) in [6.45, 7) is 0. The molecule has 0 saturated heterocycles. The van der Waals surface area contributed by atoms with Gasteiger partial charge in [0.2, 0.25) is 0 Å². The average molecular weight is 371 g/mol. The molecule has 19 heavy (non-hydrogen) atoms. The molecule has 3 aliphatic carbocycles. The number of hydrogen-bond donors (Lipinski definition) is 0. The molecule has 0 spiro atoms. The first kappa shape index (κ1) is 14.7.